The Bertz CT molecular complexity index is 455. The van der Waals surface area contributed by atoms with E-state index in [1.54, 1.807) is 0 Å². The Morgan fingerprint density at radius 2 is 1.84 bits per heavy atom. The highest BCUT2D eigenvalue weighted by atomic mass is 35.5. The Labute approximate surface area is 116 Å². The minimum Gasteiger partial charge on any atom is -0.378 e. The molecule has 0 unspecified atom stereocenters. The number of hydrogen-bond donors (Lipinski definition) is 0. The van der Waals surface area contributed by atoms with Gasteiger partial charge in [-0.1, -0.05) is 12.1 Å². The first-order valence-corrected chi connectivity index (χ1v) is 6.14. The van der Waals surface area contributed by atoms with Crippen molar-refractivity contribution in [2.24, 2.45) is 0 Å². The van der Waals surface area contributed by atoms with Crippen LogP contribution in [0.1, 0.15) is 11.9 Å². The fourth-order valence-electron chi connectivity index (χ4n) is 1.72. The van der Waals surface area contributed by atoms with Crippen LogP contribution in [-0.2, 0) is 9.47 Å². The van der Waals surface area contributed by atoms with Gasteiger partial charge in [0.1, 0.15) is 13.2 Å². The third kappa shape index (κ3) is 2.97. The third-order valence-corrected chi connectivity index (χ3v) is 3.28. The third-order valence-electron chi connectivity index (χ3n) is 2.92. The number of ether oxygens (including phenoxy) is 2. The molecule has 2 rings (SSSR count). The summed E-state index contributed by atoms with van der Waals surface area (Å²) in [6, 6.07) is 7.59. The molecule has 1 aromatic rings. The minimum atomic E-state index is -1.68. The van der Waals surface area contributed by atoms with E-state index in [1.807, 2.05) is 43.3 Å². The Hall–Kier alpha value is -1.37. The Kier molecular flexibility index (Phi) is 3.93. The molecule has 0 saturated carbocycles. The number of halogens is 1. The number of benzene rings is 1. The second kappa shape index (κ2) is 5.32. The van der Waals surface area contributed by atoms with E-state index in [0.29, 0.717) is 0 Å². The van der Waals surface area contributed by atoms with Gasteiger partial charge in [-0.25, -0.2) is 0 Å². The smallest absolute Gasteiger partial charge is 0.341 e. The summed E-state index contributed by atoms with van der Waals surface area (Å²) in [7, 11) is 3.89. The van der Waals surface area contributed by atoms with Crippen molar-refractivity contribution in [1.82, 2.24) is 0 Å². The van der Waals surface area contributed by atoms with Gasteiger partial charge in [-0.3, -0.25) is 10.1 Å². The average Bonchev–Trinajstić information content (AvgIpc) is 2.39. The molecule has 104 valence electrons. The zero-order valence-electron chi connectivity index (χ0n) is 10.7. The lowest BCUT2D eigenvalue weighted by atomic mass is 10.2. The van der Waals surface area contributed by atoms with Crippen LogP contribution in [0.5, 0.6) is 0 Å². The Morgan fingerprint density at radius 1 is 1.32 bits per heavy atom. The van der Waals surface area contributed by atoms with E-state index in [-0.39, 0.29) is 13.2 Å². The molecule has 0 radical (unpaired) electrons. The Balaban J connectivity index is 2.03. The summed E-state index contributed by atoms with van der Waals surface area (Å²) in [5, 5.41) is 10.7. The van der Waals surface area contributed by atoms with E-state index in [0.717, 1.165) is 11.3 Å². The first kappa shape index (κ1) is 14.0. The summed E-state index contributed by atoms with van der Waals surface area (Å²) >= 11 is 5.77. The van der Waals surface area contributed by atoms with Gasteiger partial charge in [-0.2, -0.15) is 0 Å². The molecule has 19 heavy (non-hydrogen) atoms. The van der Waals surface area contributed by atoms with Gasteiger partial charge in [0.15, 0.2) is 6.29 Å². The highest BCUT2D eigenvalue weighted by Crippen LogP contribution is 2.31. The molecule has 0 aromatic heterocycles. The van der Waals surface area contributed by atoms with Gasteiger partial charge in [0.2, 0.25) is 0 Å². The van der Waals surface area contributed by atoms with Gasteiger partial charge >= 0.3 is 5.00 Å². The zero-order chi connectivity index (χ0) is 14.0. The lowest BCUT2D eigenvalue weighted by Crippen LogP contribution is -2.46. The molecule has 7 heteroatoms. The van der Waals surface area contributed by atoms with Crippen LogP contribution in [0.4, 0.5) is 5.69 Å². The molecule has 0 spiro atoms. The molecular formula is C12H15ClN2O4. The van der Waals surface area contributed by atoms with Gasteiger partial charge in [0, 0.05) is 30.3 Å². The van der Waals surface area contributed by atoms with Crippen LogP contribution in [0.15, 0.2) is 24.3 Å². The molecule has 0 N–H and O–H groups in total. The number of nitrogens with zero attached hydrogens (tertiary/aromatic N) is 2. The summed E-state index contributed by atoms with van der Waals surface area (Å²) in [6.45, 7) is -0.358. The maximum Gasteiger partial charge on any atom is 0.341 e. The van der Waals surface area contributed by atoms with Crippen LogP contribution in [-0.4, -0.2) is 37.2 Å². The van der Waals surface area contributed by atoms with Crippen LogP contribution in [0.25, 0.3) is 0 Å². The van der Waals surface area contributed by atoms with Crippen molar-refractivity contribution < 1.29 is 14.4 Å². The summed E-state index contributed by atoms with van der Waals surface area (Å²) in [5.41, 5.74) is 1.87. The number of rotatable bonds is 3. The molecular weight excluding hydrogens is 272 g/mol. The van der Waals surface area contributed by atoms with E-state index in [2.05, 4.69) is 0 Å². The van der Waals surface area contributed by atoms with Crippen molar-refractivity contribution in [3.8, 4) is 0 Å². The predicted octanol–water partition coefficient (Wildman–Crippen LogP) is 2.01. The maximum absolute atomic E-state index is 10.7. The normalized spacial score (nSPS) is 27.0. The van der Waals surface area contributed by atoms with Gasteiger partial charge in [0.25, 0.3) is 0 Å². The first-order chi connectivity index (χ1) is 8.92. The average molecular weight is 287 g/mol. The number of nitro groups is 1. The van der Waals surface area contributed by atoms with Gasteiger partial charge in [0.05, 0.1) is 0 Å². The highest BCUT2D eigenvalue weighted by Gasteiger charge is 2.46. The van der Waals surface area contributed by atoms with Crippen LogP contribution in [0.3, 0.4) is 0 Å². The minimum absolute atomic E-state index is 0.179. The van der Waals surface area contributed by atoms with E-state index in [4.69, 9.17) is 21.1 Å². The molecule has 1 saturated heterocycles. The molecule has 0 amide bonds. The van der Waals surface area contributed by atoms with E-state index >= 15 is 0 Å². The van der Waals surface area contributed by atoms with Crippen molar-refractivity contribution in [2.45, 2.75) is 11.3 Å². The molecule has 0 aliphatic carbocycles. The van der Waals surface area contributed by atoms with Crippen LogP contribution < -0.4 is 4.90 Å². The molecule has 1 heterocycles. The SMILES string of the molecule is CN(C)c1ccc(C2OCC(Cl)([N+](=O)[O-])CO2)cc1. The van der Waals surface area contributed by atoms with Crippen molar-refractivity contribution in [3.05, 3.63) is 39.9 Å². The molecule has 1 aliphatic heterocycles. The summed E-state index contributed by atoms with van der Waals surface area (Å²) in [4.78, 5) is 10.5. The Morgan fingerprint density at radius 3 is 2.26 bits per heavy atom. The van der Waals surface area contributed by atoms with Gasteiger partial charge in [-0.15, -0.1) is 0 Å². The highest BCUT2D eigenvalue weighted by molar-refractivity contribution is 6.23. The summed E-state index contributed by atoms with van der Waals surface area (Å²) in [6.07, 6.45) is -0.608. The van der Waals surface area contributed by atoms with Crippen LogP contribution in [0.2, 0.25) is 0 Å². The summed E-state index contributed by atoms with van der Waals surface area (Å²) in [5.74, 6) is 0. The number of alkyl halides is 1. The van der Waals surface area contributed by atoms with E-state index in [1.165, 1.54) is 0 Å². The standard InChI is InChI=1S/C12H15ClN2O4/c1-14(2)10-5-3-9(4-6-10)11-18-7-12(13,8-19-11)15(16)17/h3-6,11H,7-8H2,1-2H3. The monoisotopic (exact) mass is 286 g/mol. The number of hydrogen-bond acceptors (Lipinski definition) is 5. The molecule has 1 aromatic carbocycles. The molecule has 6 nitrogen and oxygen atoms in total. The first-order valence-electron chi connectivity index (χ1n) is 5.76. The van der Waals surface area contributed by atoms with Crippen molar-refractivity contribution in [1.29, 1.82) is 0 Å². The molecule has 1 fully saturated rings. The van der Waals surface area contributed by atoms with Crippen molar-refractivity contribution >= 4 is 17.3 Å². The van der Waals surface area contributed by atoms with Gasteiger partial charge < -0.3 is 14.4 Å². The lowest BCUT2D eigenvalue weighted by Gasteiger charge is -2.29. The predicted molar refractivity (Wildman–Crippen MR) is 71.0 cm³/mol. The fourth-order valence-corrected chi connectivity index (χ4v) is 1.85. The van der Waals surface area contributed by atoms with Crippen molar-refractivity contribution in [2.75, 3.05) is 32.2 Å². The molecule has 0 bridgehead atoms. The van der Waals surface area contributed by atoms with Crippen LogP contribution >= 0.6 is 11.6 Å². The fraction of sp³-hybridized carbons (Fsp3) is 0.500. The van der Waals surface area contributed by atoms with E-state index in [9.17, 15) is 10.1 Å². The van der Waals surface area contributed by atoms with E-state index < -0.39 is 16.2 Å². The topological polar surface area (TPSA) is 64.8 Å². The second-order valence-corrected chi connectivity index (χ2v) is 5.32. The number of anilines is 1. The quantitative estimate of drug-likeness (QED) is 0.368. The summed E-state index contributed by atoms with van der Waals surface area (Å²) < 4.78 is 10.7. The van der Waals surface area contributed by atoms with Crippen molar-refractivity contribution in [3.63, 3.8) is 0 Å². The lowest BCUT2D eigenvalue weighted by molar-refractivity contribution is -0.563. The molecule has 1 aliphatic rings. The second-order valence-electron chi connectivity index (χ2n) is 4.62. The maximum atomic E-state index is 10.7. The van der Waals surface area contributed by atoms with Gasteiger partial charge in [-0.05, 0) is 23.7 Å². The largest absolute Gasteiger partial charge is 0.378 e. The molecule has 0 atom stereocenters. The zero-order valence-corrected chi connectivity index (χ0v) is 11.5. The van der Waals surface area contributed by atoms with Crippen LogP contribution in [0, 0.1) is 10.1 Å².